The summed E-state index contributed by atoms with van der Waals surface area (Å²) in [6.45, 7) is 0.210. The van der Waals surface area contributed by atoms with Crippen molar-refractivity contribution in [3.63, 3.8) is 0 Å². The first-order valence-corrected chi connectivity index (χ1v) is 7.31. The number of nitrogens with zero attached hydrogens (tertiary/aromatic N) is 2. The van der Waals surface area contributed by atoms with Crippen LogP contribution in [0.15, 0.2) is 42.5 Å². The van der Waals surface area contributed by atoms with Crippen molar-refractivity contribution < 1.29 is 9.53 Å². The zero-order valence-corrected chi connectivity index (χ0v) is 12.3. The van der Waals surface area contributed by atoms with Crippen molar-refractivity contribution in [2.24, 2.45) is 0 Å². The average Bonchev–Trinajstić information content (AvgIpc) is 2.87. The number of anilines is 1. The summed E-state index contributed by atoms with van der Waals surface area (Å²) < 4.78 is 5.12. The molecule has 0 atom stereocenters. The van der Waals surface area contributed by atoms with Crippen LogP contribution < -0.4 is 5.32 Å². The quantitative estimate of drug-likeness (QED) is 0.738. The van der Waals surface area contributed by atoms with Crippen LogP contribution in [0.3, 0.4) is 0 Å². The zero-order valence-electron chi connectivity index (χ0n) is 10.7. The molecule has 3 aromatic rings. The van der Waals surface area contributed by atoms with Crippen LogP contribution in [0.4, 0.5) is 9.93 Å². The number of hydrogen-bond acceptors (Lipinski definition) is 5. The van der Waals surface area contributed by atoms with E-state index in [1.807, 2.05) is 30.3 Å². The van der Waals surface area contributed by atoms with Gasteiger partial charge in [0.05, 0.1) is 0 Å². The Balaban J connectivity index is 1.63. The van der Waals surface area contributed by atoms with Crippen molar-refractivity contribution >= 4 is 44.5 Å². The molecule has 2 heterocycles. The van der Waals surface area contributed by atoms with Crippen LogP contribution in [0, 0.1) is 0 Å². The molecule has 106 valence electrons. The molecular weight excluding hydrogens is 310 g/mol. The SMILES string of the molecule is O=C(Nc1nc2ccc(Cl)nc2s1)OCc1ccccc1. The van der Waals surface area contributed by atoms with Gasteiger partial charge in [0.15, 0.2) is 5.13 Å². The molecule has 0 aliphatic heterocycles. The van der Waals surface area contributed by atoms with E-state index in [1.165, 1.54) is 11.3 Å². The van der Waals surface area contributed by atoms with Crippen LogP contribution in [0.5, 0.6) is 0 Å². The summed E-state index contributed by atoms with van der Waals surface area (Å²) >= 11 is 7.05. The highest BCUT2D eigenvalue weighted by Crippen LogP contribution is 2.25. The molecule has 0 fully saturated rings. The lowest BCUT2D eigenvalue weighted by molar-refractivity contribution is 0.155. The van der Waals surface area contributed by atoms with E-state index in [0.29, 0.717) is 20.6 Å². The minimum atomic E-state index is -0.552. The molecule has 0 spiro atoms. The molecule has 5 nitrogen and oxygen atoms in total. The molecule has 3 rings (SSSR count). The van der Waals surface area contributed by atoms with Crippen LogP contribution in [0.25, 0.3) is 10.3 Å². The molecule has 0 bridgehead atoms. The topological polar surface area (TPSA) is 64.1 Å². The molecule has 2 aromatic heterocycles. The van der Waals surface area contributed by atoms with Gasteiger partial charge in [0.25, 0.3) is 0 Å². The summed E-state index contributed by atoms with van der Waals surface area (Å²) in [4.78, 5) is 20.7. The number of carbonyl (C=O) groups excluding carboxylic acids is 1. The van der Waals surface area contributed by atoms with Gasteiger partial charge < -0.3 is 4.74 Å². The molecule has 0 saturated heterocycles. The normalized spacial score (nSPS) is 10.5. The predicted molar refractivity (Wildman–Crippen MR) is 82.7 cm³/mol. The summed E-state index contributed by atoms with van der Waals surface area (Å²) in [6, 6.07) is 12.9. The van der Waals surface area contributed by atoms with Gasteiger partial charge in [0, 0.05) is 0 Å². The lowest BCUT2D eigenvalue weighted by Crippen LogP contribution is -2.13. The molecule has 7 heteroatoms. The highest BCUT2D eigenvalue weighted by molar-refractivity contribution is 7.21. The minimum absolute atomic E-state index is 0.210. The molecule has 0 saturated carbocycles. The van der Waals surface area contributed by atoms with Crippen LogP contribution >= 0.6 is 22.9 Å². The second kappa shape index (κ2) is 6.07. The number of fused-ring (bicyclic) bond motifs is 1. The van der Waals surface area contributed by atoms with Gasteiger partial charge in [-0.3, -0.25) is 5.32 Å². The summed E-state index contributed by atoms with van der Waals surface area (Å²) in [5.41, 5.74) is 1.60. The van der Waals surface area contributed by atoms with Gasteiger partial charge in [-0.15, -0.1) is 0 Å². The first kappa shape index (κ1) is 13.8. The summed E-state index contributed by atoms with van der Waals surface area (Å²) in [5.74, 6) is 0. The number of aromatic nitrogens is 2. The van der Waals surface area contributed by atoms with E-state index in [2.05, 4.69) is 15.3 Å². The average molecular weight is 320 g/mol. The Kier molecular flexibility index (Phi) is 3.98. The number of rotatable bonds is 3. The molecule has 0 aliphatic rings. The fraction of sp³-hybridized carbons (Fsp3) is 0.0714. The van der Waals surface area contributed by atoms with E-state index in [0.717, 1.165) is 5.56 Å². The standard InChI is InChI=1S/C14H10ClN3O2S/c15-11-7-6-10-12(17-11)21-13(16-10)18-14(19)20-8-9-4-2-1-3-5-9/h1-7H,8H2,(H,16,18,19). The van der Waals surface area contributed by atoms with Gasteiger partial charge in [-0.2, -0.15) is 0 Å². The predicted octanol–water partition coefficient (Wildman–Crippen LogP) is 4.09. The van der Waals surface area contributed by atoms with Gasteiger partial charge in [0.2, 0.25) is 0 Å². The molecule has 1 N–H and O–H groups in total. The largest absolute Gasteiger partial charge is 0.444 e. The third kappa shape index (κ3) is 3.48. The van der Waals surface area contributed by atoms with Crippen LogP contribution in [-0.2, 0) is 11.3 Å². The van der Waals surface area contributed by atoms with Crippen molar-refractivity contribution in [1.29, 1.82) is 0 Å². The third-order valence-electron chi connectivity index (χ3n) is 2.64. The van der Waals surface area contributed by atoms with Crippen LogP contribution in [-0.4, -0.2) is 16.1 Å². The van der Waals surface area contributed by atoms with E-state index in [-0.39, 0.29) is 6.61 Å². The first-order chi connectivity index (χ1) is 10.2. The Morgan fingerprint density at radius 2 is 2.00 bits per heavy atom. The van der Waals surface area contributed by atoms with E-state index in [4.69, 9.17) is 16.3 Å². The number of ether oxygens (including phenoxy) is 1. The Hall–Kier alpha value is -2.18. The fourth-order valence-electron chi connectivity index (χ4n) is 1.69. The lowest BCUT2D eigenvalue weighted by Gasteiger charge is -2.04. The maximum Gasteiger partial charge on any atom is 0.413 e. The van der Waals surface area contributed by atoms with Gasteiger partial charge in [-0.05, 0) is 17.7 Å². The Labute approximate surface area is 129 Å². The van der Waals surface area contributed by atoms with Crippen molar-refractivity contribution in [1.82, 2.24) is 9.97 Å². The van der Waals surface area contributed by atoms with Crippen molar-refractivity contribution in [3.05, 3.63) is 53.2 Å². The van der Waals surface area contributed by atoms with E-state index in [1.54, 1.807) is 12.1 Å². The number of nitrogens with one attached hydrogen (secondary N) is 1. The van der Waals surface area contributed by atoms with Gasteiger partial charge in [-0.25, -0.2) is 14.8 Å². The Bertz CT molecular complexity index is 776. The fourth-order valence-corrected chi connectivity index (χ4v) is 2.72. The second-order valence-electron chi connectivity index (χ2n) is 4.16. The van der Waals surface area contributed by atoms with Crippen molar-refractivity contribution in [3.8, 4) is 0 Å². The number of amides is 1. The number of hydrogen-bond donors (Lipinski definition) is 1. The highest BCUT2D eigenvalue weighted by Gasteiger charge is 2.09. The van der Waals surface area contributed by atoms with Crippen LogP contribution in [0.2, 0.25) is 5.15 Å². The Morgan fingerprint density at radius 3 is 2.81 bits per heavy atom. The van der Waals surface area contributed by atoms with Crippen LogP contribution in [0.1, 0.15) is 5.56 Å². The van der Waals surface area contributed by atoms with E-state index in [9.17, 15) is 4.79 Å². The molecule has 0 unspecified atom stereocenters. The van der Waals surface area contributed by atoms with Crippen molar-refractivity contribution in [2.45, 2.75) is 6.61 Å². The zero-order chi connectivity index (χ0) is 14.7. The van der Waals surface area contributed by atoms with Gasteiger partial charge >= 0.3 is 6.09 Å². The first-order valence-electron chi connectivity index (χ1n) is 6.11. The smallest absolute Gasteiger partial charge is 0.413 e. The molecule has 1 aromatic carbocycles. The summed E-state index contributed by atoms with van der Waals surface area (Å²) in [5, 5.41) is 3.41. The summed E-state index contributed by atoms with van der Waals surface area (Å²) in [7, 11) is 0. The Morgan fingerprint density at radius 1 is 1.19 bits per heavy atom. The molecule has 0 aliphatic carbocycles. The summed E-state index contributed by atoms with van der Waals surface area (Å²) in [6.07, 6.45) is -0.552. The molecule has 1 amide bonds. The maximum atomic E-state index is 11.7. The van der Waals surface area contributed by atoms with E-state index < -0.39 is 6.09 Å². The van der Waals surface area contributed by atoms with Crippen molar-refractivity contribution in [2.75, 3.05) is 5.32 Å². The number of pyridine rings is 1. The molecule has 0 radical (unpaired) electrons. The number of carbonyl (C=O) groups is 1. The lowest BCUT2D eigenvalue weighted by atomic mass is 10.2. The number of thiazole rings is 1. The monoisotopic (exact) mass is 319 g/mol. The van der Waals surface area contributed by atoms with Gasteiger partial charge in [-0.1, -0.05) is 53.3 Å². The van der Waals surface area contributed by atoms with Gasteiger partial charge in [0.1, 0.15) is 22.1 Å². The molecule has 21 heavy (non-hydrogen) atoms. The molecular formula is C14H10ClN3O2S. The second-order valence-corrected chi connectivity index (χ2v) is 5.53. The van der Waals surface area contributed by atoms with E-state index >= 15 is 0 Å². The number of halogens is 1. The highest BCUT2D eigenvalue weighted by atomic mass is 35.5. The third-order valence-corrected chi connectivity index (χ3v) is 3.73. The maximum absolute atomic E-state index is 11.7. The minimum Gasteiger partial charge on any atom is -0.444 e. The number of benzene rings is 1.